The number of nitrogens with one attached hydrogen (secondary N) is 2. The van der Waals surface area contributed by atoms with E-state index in [4.69, 9.17) is 4.99 Å². The first-order valence-corrected chi connectivity index (χ1v) is 15.2. The van der Waals surface area contributed by atoms with Gasteiger partial charge in [-0.15, -0.1) is 0 Å². The van der Waals surface area contributed by atoms with E-state index in [0.717, 1.165) is 28.8 Å². The highest BCUT2D eigenvalue weighted by Crippen LogP contribution is 2.22. The van der Waals surface area contributed by atoms with Crippen LogP contribution in [0.3, 0.4) is 0 Å². The van der Waals surface area contributed by atoms with E-state index in [0.29, 0.717) is 11.4 Å². The highest BCUT2D eigenvalue weighted by Gasteiger charge is 2.17. The van der Waals surface area contributed by atoms with Crippen LogP contribution < -0.4 is 10.6 Å². The Kier molecular flexibility index (Phi) is 18.4. The molecule has 1 atom stereocenters. The van der Waals surface area contributed by atoms with Gasteiger partial charge in [0.05, 0.1) is 17.8 Å². The van der Waals surface area contributed by atoms with Crippen LogP contribution in [0.25, 0.3) is 11.3 Å². The fraction of sp³-hybridized carbons (Fsp3) is 0.486. The zero-order valence-electron chi connectivity index (χ0n) is 28.1. The fourth-order valence-corrected chi connectivity index (χ4v) is 3.59. The molecule has 0 fully saturated rings. The van der Waals surface area contributed by atoms with Crippen molar-refractivity contribution in [2.45, 2.75) is 94.5 Å². The maximum absolute atomic E-state index is 12.8. The van der Waals surface area contributed by atoms with Gasteiger partial charge in [0.25, 0.3) is 5.91 Å². The second-order valence-corrected chi connectivity index (χ2v) is 10.6. The van der Waals surface area contributed by atoms with Gasteiger partial charge >= 0.3 is 0 Å². The molecule has 7 heteroatoms. The minimum Gasteiger partial charge on any atom is -0.348 e. The summed E-state index contributed by atoms with van der Waals surface area (Å²) in [6, 6.07) is 9.84. The number of amidine groups is 1. The highest BCUT2D eigenvalue weighted by molar-refractivity contribution is 6.10. The Morgan fingerprint density at radius 2 is 1.62 bits per heavy atom. The molecule has 0 aliphatic heterocycles. The lowest BCUT2D eigenvalue weighted by atomic mass is 10.0. The Morgan fingerprint density at radius 1 is 1.00 bits per heavy atom. The van der Waals surface area contributed by atoms with E-state index in [2.05, 4.69) is 56.3 Å². The molecule has 232 valence electrons. The first-order valence-electron chi connectivity index (χ1n) is 15.2. The molecule has 7 nitrogen and oxygen atoms in total. The number of allylic oxidation sites excluding steroid dienone is 3. The molecule has 1 aromatic heterocycles. The zero-order valence-corrected chi connectivity index (χ0v) is 28.1. The van der Waals surface area contributed by atoms with Crippen molar-refractivity contribution < 1.29 is 9.59 Å². The summed E-state index contributed by atoms with van der Waals surface area (Å²) in [5.41, 5.74) is 4.15. The molecule has 1 heterocycles. The number of nitrogens with zero attached hydrogens (tertiary/aromatic N) is 3. The SMILES string of the molecule is C/C=C(\C=NC)c1cccc(/C(=C/C)N=C(NC(=O)CNC(=O)c2ccn(C(C)(C)C)c2)C(C)CC)c1.CC.CCC. The third-order valence-corrected chi connectivity index (χ3v) is 6.07. The van der Waals surface area contributed by atoms with Gasteiger partial charge in [0.2, 0.25) is 5.91 Å². The summed E-state index contributed by atoms with van der Waals surface area (Å²) in [5.74, 6) is -0.0128. The number of aliphatic imine (C=N–C) groups is 2. The van der Waals surface area contributed by atoms with Crippen molar-refractivity contribution in [2.24, 2.45) is 15.9 Å². The van der Waals surface area contributed by atoms with Gasteiger partial charge in [-0.05, 0) is 64.3 Å². The second-order valence-electron chi connectivity index (χ2n) is 10.6. The molecule has 0 aliphatic carbocycles. The van der Waals surface area contributed by atoms with Crippen molar-refractivity contribution >= 4 is 35.1 Å². The average molecular weight is 578 g/mol. The summed E-state index contributed by atoms with van der Waals surface area (Å²) in [4.78, 5) is 34.3. The summed E-state index contributed by atoms with van der Waals surface area (Å²) < 4.78 is 1.97. The molecule has 2 amide bonds. The van der Waals surface area contributed by atoms with Gasteiger partial charge < -0.3 is 15.2 Å². The minimum absolute atomic E-state index is 0.0249. The van der Waals surface area contributed by atoms with Gasteiger partial charge in [-0.25, -0.2) is 4.99 Å². The standard InChI is InChI=1S/C30H41N5O2.C3H8.C2H6/c1-9-21(4)28(33-26(11-3)24-14-12-13-23(17-24)22(10-2)18-31-8)34-27(36)19-32-29(37)25-15-16-35(20-25)30(5,6)7;1-3-2;1-2/h10-18,20-21H,9,19H2,1-8H3,(H,32,37)(H,33,34,36);3H2,1-2H3;1-2H3/b22-10+,26-11-,31-18?;;. The van der Waals surface area contributed by atoms with E-state index in [9.17, 15) is 9.59 Å². The minimum atomic E-state index is -0.317. The molecule has 1 unspecified atom stereocenters. The van der Waals surface area contributed by atoms with Crippen molar-refractivity contribution in [3.05, 3.63) is 71.6 Å². The van der Waals surface area contributed by atoms with Crippen LogP contribution in [-0.4, -0.2) is 42.0 Å². The van der Waals surface area contributed by atoms with E-state index >= 15 is 0 Å². The first-order chi connectivity index (χ1) is 19.9. The van der Waals surface area contributed by atoms with Crippen LogP contribution in [0.4, 0.5) is 0 Å². The predicted octanol–water partition coefficient (Wildman–Crippen LogP) is 8.14. The number of rotatable bonds is 9. The monoisotopic (exact) mass is 577 g/mol. The van der Waals surface area contributed by atoms with Crippen LogP contribution in [-0.2, 0) is 10.3 Å². The van der Waals surface area contributed by atoms with Gasteiger partial charge in [0.1, 0.15) is 5.84 Å². The van der Waals surface area contributed by atoms with E-state index < -0.39 is 0 Å². The number of hydrogen-bond acceptors (Lipinski definition) is 4. The molecule has 0 saturated heterocycles. The lowest BCUT2D eigenvalue weighted by molar-refractivity contribution is -0.118. The quantitative estimate of drug-likeness (QED) is 0.233. The van der Waals surface area contributed by atoms with E-state index in [1.807, 2.05) is 88.9 Å². The zero-order chi connectivity index (χ0) is 32.3. The van der Waals surface area contributed by atoms with Crippen LogP contribution in [0.1, 0.15) is 110 Å². The molecule has 2 aromatic rings. The first kappa shape index (κ1) is 38.3. The van der Waals surface area contributed by atoms with Crippen molar-refractivity contribution in [2.75, 3.05) is 13.6 Å². The summed E-state index contributed by atoms with van der Waals surface area (Å²) in [5, 5.41) is 5.64. The number of carbonyl (C=O) groups is 2. The Morgan fingerprint density at radius 3 is 2.12 bits per heavy atom. The molecular weight excluding hydrogens is 522 g/mol. The number of aromatic nitrogens is 1. The van der Waals surface area contributed by atoms with Gasteiger partial charge in [-0.3, -0.25) is 14.6 Å². The molecule has 0 bridgehead atoms. The topological polar surface area (TPSA) is 87.8 Å². The van der Waals surface area contributed by atoms with Crippen LogP contribution >= 0.6 is 0 Å². The van der Waals surface area contributed by atoms with E-state index in [1.165, 1.54) is 6.42 Å². The van der Waals surface area contributed by atoms with Crippen molar-refractivity contribution in [1.29, 1.82) is 0 Å². The molecule has 1 aromatic carbocycles. The Bertz CT molecular complexity index is 1230. The predicted molar refractivity (Wildman–Crippen MR) is 182 cm³/mol. The van der Waals surface area contributed by atoms with Crippen LogP contribution in [0, 0.1) is 5.92 Å². The Balaban J connectivity index is 0.00000315. The molecule has 0 spiro atoms. The maximum atomic E-state index is 12.8. The highest BCUT2D eigenvalue weighted by atomic mass is 16.2. The molecule has 42 heavy (non-hydrogen) atoms. The maximum Gasteiger partial charge on any atom is 0.253 e. The molecule has 0 aliphatic rings. The second kappa shape index (κ2) is 20.2. The fourth-order valence-electron chi connectivity index (χ4n) is 3.59. The third-order valence-electron chi connectivity index (χ3n) is 6.07. The number of hydrogen-bond donors (Lipinski definition) is 2. The summed E-state index contributed by atoms with van der Waals surface area (Å²) in [7, 11) is 1.75. The van der Waals surface area contributed by atoms with Crippen LogP contribution in [0.2, 0.25) is 0 Å². The average Bonchev–Trinajstić information content (AvgIpc) is 3.49. The number of amides is 2. The van der Waals surface area contributed by atoms with Crippen molar-refractivity contribution in [1.82, 2.24) is 15.2 Å². The van der Waals surface area contributed by atoms with Gasteiger partial charge in [-0.1, -0.05) is 78.3 Å². The summed E-state index contributed by atoms with van der Waals surface area (Å²) >= 11 is 0. The van der Waals surface area contributed by atoms with Gasteiger partial charge in [-0.2, -0.15) is 0 Å². The summed E-state index contributed by atoms with van der Waals surface area (Å²) in [6.07, 6.45) is 11.5. The van der Waals surface area contributed by atoms with Crippen LogP contribution in [0.5, 0.6) is 0 Å². The molecule has 0 saturated carbocycles. The van der Waals surface area contributed by atoms with Crippen molar-refractivity contribution in [3.8, 4) is 0 Å². The molecule has 2 rings (SSSR count). The molecular formula is C35H55N5O2. The third kappa shape index (κ3) is 12.8. The Hall–Kier alpha value is -3.74. The lowest BCUT2D eigenvalue weighted by Gasteiger charge is -2.20. The Labute approximate surface area is 255 Å². The number of carbonyl (C=O) groups excluding carboxylic acids is 2. The van der Waals surface area contributed by atoms with Gasteiger partial charge in [0.15, 0.2) is 0 Å². The molecule has 0 radical (unpaired) electrons. The largest absolute Gasteiger partial charge is 0.348 e. The summed E-state index contributed by atoms with van der Waals surface area (Å²) in [6.45, 7) is 22.3. The van der Waals surface area contributed by atoms with Crippen molar-refractivity contribution in [3.63, 3.8) is 0 Å². The number of benzene rings is 1. The smallest absolute Gasteiger partial charge is 0.253 e. The van der Waals surface area contributed by atoms with E-state index in [1.54, 1.807) is 19.3 Å². The van der Waals surface area contributed by atoms with E-state index in [-0.39, 0.29) is 29.8 Å². The normalized spacial score (nSPS) is 13.0. The van der Waals surface area contributed by atoms with Crippen LogP contribution in [0.15, 0.2) is 64.9 Å². The molecule has 2 N–H and O–H groups in total. The lowest BCUT2D eigenvalue weighted by Crippen LogP contribution is -2.41. The van der Waals surface area contributed by atoms with Gasteiger partial charge in [0, 0.05) is 42.7 Å².